The molecule has 1 amide bonds. The molecule has 6 heteroatoms. The highest BCUT2D eigenvalue weighted by molar-refractivity contribution is 5.76. The van der Waals surface area contributed by atoms with E-state index in [9.17, 15) is 19.8 Å². The molecule has 0 aliphatic heterocycles. The predicted octanol–water partition coefficient (Wildman–Crippen LogP) is 22.1. The largest absolute Gasteiger partial charge is 0.466 e. The lowest BCUT2D eigenvalue weighted by atomic mass is 10.0. The van der Waals surface area contributed by atoms with E-state index in [1.807, 2.05) is 6.08 Å². The van der Waals surface area contributed by atoms with Gasteiger partial charge in [0.25, 0.3) is 0 Å². The Kier molecular flexibility index (Phi) is 64.5. The highest BCUT2D eigenvalue weighted by Gasteiger charge is 2.18. The van der Waals surface area contributed by atoms with Crippen LogP contribution in [-0.4, -0.2) is 47.4 Å². The monoisotopic (exact) mass is 1080 g/mol. The maximum Gasteiger partial charge on any atom is 0.305 e. The molecule has 0 bridgehead atoms. The van der Waals surface area contributed by atoms with Gasteiger partial charge < -0.3 is 20.3 Å². The number of carbonyl (C=O) groups is 2. The van der Waals surface area contributed by atoms with Crippen LogP contribution in [0.15, 0.2) is 48.6 Å². The SMILES string of the molecule is CCCC/C=C\C/C=C\CCCCCCCC(=O)OCCCCCCCCCCCCCC/C=C\CCCCCCCCCCCCCCC(=O)NC(CO)C(O)/C=C/CCCCCCCCCCCCCCCCCC. The molecule has 0 heterocycles. The summed E-state index contributed by atoms with van der Waals surface area (Å²) in [7, 11) is 0. The van der Waals surface area contributed by atoms with Crippen LogP contribution in [-0.2, 0) is 14.3 Å². The zero-order valence-corrected chi connectivity index (χ0v) is 51.7. The highest BCUT2D eigenvalue weighted by atomic mass is 16.5. The summed E-state index contributed by atoms with van der Waals surface area (Å²) >= 11 is 0. The number of esters is 1. The number of hydrogen-bond donors (Lipinski definition) is 3. The first-order chi connectivity index (χ1) is 38.0. The number of amides is 1. The molecular weight excluding hydrogens is 947 g/mol. The van der Waals surface area contributed by atoms with Crippen molar-refractivity contribution in [2.24, 2.45) is 0 Å². The van der Waals surface area contributed by atoms with Gasteiger partial charge >= 0.3 is 5.97 Å². The zero-order valence-electron chi connectivity index (χ0n) is 51.7. The van der Waals surface area contributed by atoms with E-state index in [0.717, 1.165) is 51.4 Å². The Bertz CT molecular complexity index is 1290. The molecule has 452 valence electrons. The van der Waals surface area contributed by atoms with Crippen LogP contribution in [0.5, 0.6) is 0 Å². The molecule has 0 spiro atoms. The minimum atomic E-state index is -0.845. The lowest BCUT2D eigenvalue weighted by Gasteiger charge is -2.20. The quantitative estimate of drug-likeness (QED) is 0.0320. The molecule has 0 saturated carbocycles. The van der Waals surface area contributed by atoms with Crippen molar-refractivity contribution in [2.75, 3.05) is 13.2 Å². The van der Waals surface area contributed by atoms with E-state index in [1.54, 1.807) is 6.08 Å². The van der Waals surface area contributed by atoms with E-state index in [4.69, 9.17) is 4.74 Å². The van der Waals surface area contributed by atoms with Crippen molar-refractivity contribution in [3.05, 3.63) is 48.6 Å². The van der Waals surface area contributed by atoms with Crippen molar-refractivity contribution in [1.29, 1.82) is 0 Å². The summed E-state index contributed by atoms with van der Waals surface area (Å²) in [4.78, 5) is 24.6. The lowest BCUT2D eigenvalue weighted by Crippen LogP contribution is -2.45. The van der Waals surface area contributed by atoms with Gasteiger partial charge in [-0.25, -0.2) is 0 Å². The summed E-state index contributed by atoms with van der Waals surface area (Å²) in [5.74, 6) is -0.0648. The van der Waals surface area contributed by atoms with Crippen molar-refractivity contribution in [3.63, 3.8) is 0 Å². The number of hydrogen-bond acceptors (Lipinski definition) is 5. The molecule has 6 nitrogen and oxygen atoms in total. The zero-order chi connectivity index (χ0) is 55.7. The van der Waals surface area contributed by atoms with Gasteiger partial charge in [-0.3, -0.25) is 9.59 Å². The Morgan fingerprint density at radius 1 is 0.364 bits per heavy atom. The fourth-order valence-electron chi connectivity index (χ4n) is 10.5. The first kappa shape index (κ1) is 74.8. The van der Waals surface area contributed by atoms with Crippen molar-refractivity contribution in [1.82, 2.24) is 5.32 Å². The van der Waals surface area contributed by atoms with Crippen LogP contribution in [0.25, 0.3) is 0 Å². The molecule has 77 heavy (non-hydrogen) atoms. The second kappa shape index (κ2) is 66.3. The Balaban J connectivity index is 3.41. The van der Waals surface area contributed by atoms with Gasteiger partial charge in [0.05, 0.1) is 25.4 Å². The Labute approximate surface area is 480 Å². The third-order valence-corrected chi connectivity index (χ3v) is 15.8. The van der Waals surface area contributed by atoms with Crippen LogP contribution in [0.2, 0.25) is 0 Å². The number of unbranched alkanes of at least 4 members (excludes halogenated alkanes) is 47. The smallest absolute Gasteiger partial charge is 0.305 e. The average molecular weight is 1080 g/mol. The van der Waals surface area contributed by atoms with E-state index in [2.05, 4.69) is 55.6 Å². The molecule has 0 rings (SSSR count). The van der Waals surface area contributed by atoms with Crippen LogP contribution in [0.1, 0.15) is 367 Å². The van der Waals surface area contributed by atoms with Gasteiger partial charge in [0.15, 0.2) is 0 Å². The van der Waals surface area contributed by atoms with E-state index < -0.39 is 12.1 Å². The third-order valence-electron chi connectivity index (χ3n) is 15.8. The molecule has 0 aliphatic carbocycles. The minimum absolute atomic E-state index is 0.000793. The lowest BCUT2D eigenvalue weighted by molar-refractivity contribution is -0.143. The second-order valence-electron chi connectivity index (χ2n) is 23.5. The molecule has 0 aromatic carbocycles. The average Bonchev–Trinajstić information content (AvgIpc) is 3.43. The molecule has 2 atom stereocenters. The molecular formula is C71H133NO5. The molecule has 0 aliphatic rings. The first-order valence-electron chi connectivity index (χ1n) is 34.4. The molecule has 0 aromatic heterocycles. The van der Waals surface area contributed by atoms with Gasteiger partial charge in [-0.2, -0.15) is 0 Å². The maximum atomic E-state index is 12.5. The summed E-state index contributed by atoms with van der Waals surface area (Å²) in [5.41, 5.74) is 0. The number of allylic oxidation sites excluding steroid dienone is 7. The summed E-state index contributed by atoms with van der Waals surface area (Å²) in [6.07, 6.45) is 86.1. The van der Waals surface area contributed by atoms with Gasteiger partial charge in [-0.1, -0.05) is 319 Å². The number of aliphatic hydroxyl groups excluding tert-OH is 2. The van der Waals surface area contributed by atoms with E-state index in [0.29, 0.717) is 19.4 Å². The predicted molar refractivity (Wildman–Crippen MR) is 338 cm³/mol. The van der Waals surface area contributed by atoms with Crippen LogP contribution in [0, 0.1) is 0 Å². The number of rotatable bonds is 64. The summed E-state index contributed by atoms with van der Waals surface area (Å²) < 4.78 is 5.48. The fourth-order valence-corrected chi connectivity index (χ4v) is 10.5. The number of aliphatic hydroxyl groups is 2. The first-order valence-corrected chi connectivity index (χ1v) is 34.4. The number of carbonyl (C=O) groups excluding carboxylic acids is 2. The van der Waals surface area contributed by atoms with Gasteiger partial charge in [-0.15, -0.1) is 0 Å². The summed E-state index contributed by atoms with van der Waals surface area (Å²) in [6.45, 7) is 4.88. The Morgan fingerprint density at radius 2 is 0.662 bits per heavy atom. The van der Waals surface area contributed by atoms with Gasteiger partial charge in [0.2, 0.25) is 5.91 Å². The van der Waals surface area contributed by atoms with Crippen molar-refractivity contribution in [2.45, 2.75) is 379 Å². The maximum absolute atomic E-state index is 12.5. The van der Waals surface area contributed by atoms with Gasteiger partial charge in [0, 0.05) is 12.8 Å². The minimum Gasteiger partial charge on any atom is -0.466 e. The molecule has 3 N–H and O–H groups in total. The molecule has 0 fully saturated rings. The molecule has 2 unspecified atom stereocenters. The van der Waals surface area contributed by atoms with Crippen LogP contribution < -0.4 is 5.32 Å². The van der Waals surface area contributed by atoms with Gasteiger partial charge in [0.1, 0.15) is 0 Å². The van der Waals surface area contributed by atoms with Crippen LogP contribution >= 0.6 is 0 Å². The van der Waals surface area contributed by atoms with Crippen LogP contribution in [0.4, 0.5) is 0 Å². The standard InChI is InChI=1S/C71H133NO5/c1-3-5-7-9-11-13-15-17-19-20-33-36-39-43-47-51-55-59-63-69(74)68(67-73)72-70(75)64-60-56-52-48-44-40-37-34-31-29-27-25-23-21-22-24-26-28-30-32-35-38-42-46-50-54-58-62-66-77-71(76)65-61-57-53-49-45-41-18-16-14-12-10-8-6-4-2/h10,12,16,18,21-22,59,63,68-69,73-74H,3-9,11,13-15,17,19-20,23-58,60-62,64-67H2,1-2H3,(H,72,75)/b12-10-,18-16-,22-21-,63-59+. The number of ether oxygens (including phenoxy) is 1. The fraction of sp³-hybridized carbons (Fsp3) is 0.859. The van der Waals surface area contributed by atoms with E-state index in [-0.39, 0.29) is 18.5 Å². The number of nitrogens with one attached hydrogen (secondary N) is 1. The Morgan fingerprint density at radius 3 is 1.04 bits per heavy atom. The van der Waals surface area contributed by atoms with Crippen molar-refractivity contribution >= 4 is 11.9 Å². The summed E-state index contributed by atoms with van der Waals surface area (Å²) in [5, 5.41) is 23.2. The Hall–Kier alpha value is -2.18. The van der Waals surface area contributed by atoms with E-state index >= 15 is 0 Å². The van der Waals surface area contributed by atoms with Crippen molar-refractivity contribution in [3.8, 4) is 0 Å². The topological polar surface area (TPSA) is 95.9 Å². The summed E-state index contributed by atoms with van der Waals surface area (Å²) in [6, 6.07) is -0.629. The molecule has 0 radical (unpaired) electrons. The van der Waals surface area contributed by atoms with Crippen molar-refractivity contribution < 1.29 is 24.5 Å². The third kappa shape index (κ3) is 62.9. The molecule has 0 saturated heterocycles. The molecule has 0 aromatic rings. The van der Waals surface area contributed by atoms with E-state index in [1.165, 1.54) is 289 Å². The normalized spacial score (nSPS) is 12.8. The second-order valence-corrected chi connectivity index (χ2v) is 23.5. The highest BCUT2D eigenvalue weighted by Crippen LogP contribution is 2.18. The van der Waals surface area contributed by atoms with Crippen LogP contribution in [0.3, 0.4) is 0 Å². The van der Waals surface area contributed by atoms with Gasteiger partial charge in [-0.05, 0) is 83.5 Å².